The number of pyridine rings is 1. The van der Waals surface area contributed by atoms with E-state index in [9.17, 15) is 8.42 Å². The first-order chi connectivity index (χ1) is 14.4. The molecule has 1 N–H and O–H groups in total. The number of nitrogens with zero attached hydrogens (tertiary/aromatic N) is 2. The Morgan fingerprint density at radius 3 is 2.23 bits per heavy atom. The van der Waals surface area contributed by atoms with Gasteiger partial charge in [-0.3, -0.25) is 4.98 Å². The normalized spacial score (nSPS) is 11.4. The molecule has 0 saturated heterocycles. The van der Waals surface area contributed by atoms with Gasteiger partial charge < -0.3 is 9.73 Å². The number of aromatic nitrogens is 2. The van der Waals surface area contributed by atoms with Gasteiger partial charge in [-0.2, -0.15) is 4.98 Å². The summed E-state index contributed by atoms with van der Waals surface area (Å²) in [5.74, 6) is 0.351. The van der Waals surface area contributed by atoms with E-state index in [4.69, 9.17) is 4.42 Å². The second-order valence-corrected chi connectivity index (χ2v) is 8.92. The molecule has 30 heavy (non-hydrogen) atoms. The average Bonchev–Trinajstić information content (AvgIpc) is 3.19. The number of sulfone groups is 1. The molecule has 0 aliphatic rings. The van der Waals surface area contributed by atoms with Crippen molar-refractivity contribution in [2.45, 2.75) is 30.3 Å². The second-order valence-electron chi connectivity index (χ2n) is 7.05. The SMILES string of the molecule is Cc1ccc(-c2nc(S(=O)(=O)c3ccc(C)cc3)c(NCc3cccnc3)o2)cc1. The third kappa shape index (κ3) is 4.11. The number of hydrogen-bond donors (Lipinski definition) is 1. The van der Waals surface area contributed by atoms with Crippen LogP contribution in [0.2, 0.25) is 0 Å². The van der Waals surface area contributed by atoms with Gasteiger partial charge in [0.2, 0.25) is 26.6 Å². The first-order valence-electron chi connectivity index (χ1n) is 9.46. The van der Waals surface area contributed by atoms with E-state index in [1.807, 2.05) is 50.2 Å². The predicted molar refractivity (Wildman–Crippen MR) is 115 cm³/mol. The van der Waals surface area contributed by atoms with Gasteiger partial charge in [0, 0.05) is 24.5 Å². The van der Waals surface area contributed by atoms with E-state index in [1.54, 1.807) is 36.7 Å². The Hall–Kier alpha value is -3.45. The highest BCUT2D eigenvalue weighted by molar-refractivity contribution is 7.91. The van der Waals surface area contributed by atoms with E-state index in [0.29, 0.717) is 12.1 Å². The van der Waals surface area contributed by atoms with Gasteiger partial charge in [-0.05, 0) is 49.7 Å². The number of hydrogen-bond acceptors (Lipinski definition) is 6. The zero-order valence-corrected chi connectivity index (χ0v) is 17.5. The molecule has 4 rings (SSSR count). The summed E-state index contributed by atoms with van der Waals surface area (Å²) < 4.78 is 32.5. The largest absolute Gasteiger partial charge is 0.419 e. The average molecular weight is 420 g/mol. The van der Waals surface area contributed by atoms with Crippen LogP contribution in [-0.2, 0) is 16.4 Å². The fraction of sp³-hybridized carbons (Fsp3) is 0.130. The summed E-state index contributed by atoms with van der Waals surface area (Å²) in [4.78, 5) is 8.61. The molecule has 0 aliphatic heterocycles. The molecule has 2 aromatic heterocycles. The number of nitrogens with one attached hydrogen (secondary N) is 1. The molecule has 2 aromatic carbocycles. The standard InChI is InChI=1S/C23H21N3O3S/c1-16-5-9-19(10-6-16)21-26-23(30(27,28)20-11-7-17(2)8-12-20)22(29-21)25-15-18-4-3-13-24-14-18/h3-14,25H,15H2,1-2H3. The van der Waals surface area contributed by atoms with Gasteiger partial charge >= 0.3 is 0 Å². The lowest BCUT2D eigenvalue weighted by atomic mass is 10.1. The van der Waals surface area contributed by atoms with E-state index < -0.39 is 9.84 Å². The molecule has 0 amide bonds. The van der Waals surface area contributed by atoms with Crippen LogP contribution in [0.4, 0.5) is 5.88 Å². The molecular weight excluding hydrogens is 398 g/mol. The molecule has 152 valence electrons. The Morgan fingerprint density at radius 2 is 1.60 bits per heavy atom. The van der Waals surface area contributed by atoms with E-state index in [-0.39, 0.29) is 21.7 Å². The lowest BCUT2D eigenvalue weighted by molar-refractivity contribution is 0.576. The van der Waals surface area contributed by atoms with E-state index in [2.05, 4.69) is 15.3 Å². The molecule has 0 unspecified atom stereocenters. The lowest BCUT2D eigenvalue weighted by Gasteiger charge is -2.06. The summed E-state index contributed by atoms with van der Waals surface area (Å²) in [5.41, 5.74) is 3.66. The van der Waals surface area contributed by atoms with E-state index >= 15 is 0 Å². The summed E-state index contributed by atoms with van der Waals surface area (Å²) in [6.45, 7) is 4.24. The van der Waals surface area contributed by atoms with Crippen LogP contribution in [-0.4, -0.2) is 18.4 Å². The summed E-state index contributed by atoms with van der Waals surface area (Å²) in [7, 11) is -3.87. The molecule has 6 nitrogen and oxygen atoms in total. The molecule has 4 aromatic rings. The quantitative estimate of drug-likeness (QED) is 0.483. The van der Waals surface area contributed by atoms with Crippen LogP contribution in [0.1, 0.15) is 16.7 Å². The third-order valence-corrected chi connectivity index (χ3v) is 6.33. The molecule has 0 spiro atoms. The number of benzene rings is 2. The Kier molecular flexibility index (Phi) is 5.37. The number of aryl methyl sites for hydroxylation is 2. The summed E-state index contributed by atoms with van der Waals surface area (Å²) in [5, 5.41) is 2.94. The van der Waals surface area contributed by atoms with Gasteiger partial charge in [0.25, 0.3) is 0 Å². The predicted octanol–water partition coefficient (Wildman–Crippen LogP) is 4.80. The van der Waals surface area contributed by atoms with Gasteiger partial charge in [0.1, 0.15) is 0 Å². The molecule has 0 fully saturated rings. The molecule has 2 heterocycles. The van der Waals surface area contributed by atoms with Gasteiger partial charge in [0.15, 0.2) is 0 Å². The maximum Gasteiger partial charge on any atom is 0.234 e. The molecular formula is C23H21N3O3S. The first-order valence-corrected chi connectivity index (χ1v) is 10.9. The highest BCUT2D eigenvalue weighted by Gasteiger charge is 2.28. The van der Waals surface area contributed by atoms with Crippen molar-refractivity contribution in [2.75, 3.05) is 5.32 Å². The fourth-order valence-electron chi connectivity index (χ4n) is 2.93. The van der Waals surface area contributed by atoms with Crippen molar-refractivity contribution in [1.29, 1.82) is 0 Å². The van der Waals surface area contributed by atoms with Crippen molar-refractivity contribution in [3.05, 3.63) is 89.7 Å². The lowest BCUT2D eigenvalue weighted by Crippen LogP contribution is -2.07. The summed E-state index contributed by atoms with van der Waals surface area (Å²) >= 11 is 0. The van der Waals surface area contributed by atoms with Crippen LogP contribution in [0, 0.1) is 13.8 Å². The number of anilines is 1. The number of oxazole rings is 1. The molecule has 0 saturated carbocycles. The first kappa shape index (κ1) is 19.8. The minimum Gasteiger partial charge on any atom is -0.419 e. The molecule has 7 heteroatoms. The Labute approximate surface area is 175 Å². The van der Waals surface area contributed by atoms with Crippen molar-refractivity contribution in [3.8, 4) is 11.5 Å². The molecule has 0 aliphatic carbocycles. The smallest absolute Gasteiger partial charge is 0.234 e. The molecule has 0 bridgehead atoms. The van der Waals surface area contributed by atoms with Crippen LogP contribution in [0.3, 0.4) is 0 Å². The summed E-state index contributed by atoms with van der Waals surface area (Å²) in [6.07, 6.45) is 3.39. The van der Waals surface area contributed by atoms with E-state index in [0.717, 1.165) is 16.7 Å². The van der Waals surface area contributed by atoms with Crippen LogP contribution < -0.4 is 5.32 Å². The molecule has 0 atom stereocenters. The van der Waals surface area contributed by atoms with Crippen molar-refractivity contribution < 1.29 is 12.8 Å². The van der Waals surface area contributed by atoms with Gasteiger partial charge in [-0.25, -0.2) is 8.42 Å². The van der Waals surface area contributed by atoms with Gasteiger partial charge in [-0.15, -0.1) is 0 Å². The Morgan fingerprint density at radius 1 is 0.933 bits per heavy atom. The number of rotatable bonds is 6. The van der Waals surface area contributed by atoms with Crippen molar-refractivity contribution >= 4 is 15.7 Å². The minimum atomic E-state index is -3.87. The fourth-order valence-corrected chi connectivity index (χ4v) is 4.21. The zero-order valence-electron chi connectivity index (χ0n) is 16.7. The highest BCUT2D eigenvalue weighted by atomic mass is 32.2. The third-order valence-electron chi connectivity index (χ3n) is 4.66. The Balaban J connectivity index is 1.76. The van der Waals surface area contributed by atoms with Crippen molar-refractivity contribution in [1.82, 2.24) is 9.97 Å². The maximum atomic E-state index is 13.3. The van der Waals surface area contributed by atoms with Gasteiger partial charge in [0.05, 0.1) is 4.90 Å². The van der Waals surface area contributed by atoms with Gasteiger partial charge in [-0.1, -0.05) is 41.5 Å². The van der Waals surface area contributed by atoms with Crippen LogP contribution in [0.25, 0.3) is 11.5 Å². The monoisotopic (exact) mass is 419 g/mol. The van der Waals surface area contributed by atoms with Crippen molar-refractivity contribution in [2.24, 2.45) is 0 Å². The topological polar surface area (TPSA) is 85.1 Å². The van der Waals surface area contributed by atoms with Crippen molar-refractivity contribution in [3.63, 3.8) is 0 Å². The van der Waals surface area contributed by atoms with Crippen LogP contribution >= 0.6 is 0 Å². The molecule has 0 radical (unpaired) electrons. The highest BCUT2D eigenvalue weighted by Crippen LogP contribution is 2.32. The summed E-state index contributed by atoms with van der Waals surface area (Å²) in [6, 6.07) is 18.0. The van der Waals surface area contributed by atoms with Crippen LogP contribution in [0.15, 0.2) is 87.4 Å². The second kappa shape index (κ2) is 8.12. The Bertz CT molecular complexity index is 1250. The van der Waals surface area contributed by atoms with E-state index in [1.165, 1.54) is 0 Å². The van der Waals surface area contributed by atoms with Crippen LogP contribution in [0.5, 0.6) is 0 Å². The minimum absolute atomic E-state index is 0.106. The zero-order chi connectivity index (χ0) is 21.1. The maximum absolute atomic E-state index is 13.3.